The van der Waals surface area contributed by atoms with Gasteiger partial charge in [0.2, 0.25) is 11.7 Å². The standard InChI is InChI=1S/C26H27N3O5/c1-18-6-9-20(10-7-18)25-27-24(34-28-25)13-15-29(26(30)22-5-4-16-33-22)14-12-19-8-11-21(31-2)23(17-19)32-3/h4-11,16-17H,12-15H2,1-3H3. The average Bonchev–Trinajstić information content (AvgIpc) is 3.57. The molecule has 0 atom stereocenters. The van der Waals surface area contributed by atoms with Crippen LogP contribution in [0.15, 0.2) is 69.8 Å². The Balaban J connectivity index is 1.45. The summed E-state index contributed by atoms with van der Waals surface area (Å²) in [6.45, 7) is 2.91. The molecule has 0 aliphatic carbocycles. The highest BCUT2D eigenvalue weighted by Gasteiger charge is 2.20. The summed E-state index contributed by atoms with van der Waals surface area (Å²) in [6, 6.07) is 17.0. The molecule has 4 aromatic rings. The minimum atomic E-state index is -0.191. The Bertz CT molecular complexity index is 1220. The second-order valence-electron chi connectivity index (χ2n) is 7.84. The second kappa shape index (κ2) is 10.7. The summed E-state index contributed by atoms with van der Waals surface area (Å²) >= 11 is 0. The molecule has 8 heteroatoms. The van der Waals surface area contributed by atoms with Gasteiger partial charge in [-0.25, -0.2) is 0 Å². The molecular formula is C26H27N3O5. The maximum atomic E-state index is 13.1. The molecule has 0 aliphatic rings. The number of hydrogen-bond donors (Lipinski definition) is 0. The topological polar surface area (TPSA) is 90.8 Å². The molecule has 0 N–H and O–H groups in total. The minimum Gasteiger partial charge on any atom is -0.493 e. The lowest BCUT2D eigenvalue weighted by Gasteiger charge is -2.21. The SMILES string of the molecule is COc1ccc(CCN(CCc2nc(-c3ccc(C)cc3)no2)C(=O)c2ccco2)cc1OC. The Labute approximate surface area is 198 Å². The van der Waals surface area contributed by atoms with Gasteiger partial charge in [-0.15, -0.1) is 0 Å². The molecule has 0 saturated carbocycles. The van der Waals surface area contributed by atoms with E-state index in [0.717, 1.165) is 16.7 Å². The number of carbonyl (C=O) groups excluding carboxylic acids is 1. The smallest absolute Gasteiger partial charge is 0.289 e. The maximum Gasteiger partial charge on any atom is 0.289 e. The highest BCUT2D eigenvalue weighted by atomic mass is 16.5. The highest BCUT2D eigenvalue weighted by molar-refractivity contribution is 5.91. The molecule has 0 unspecified atom stereocenters. The van der Waals surface area contributed by atoms with Gasteiger partial charge < -0.3 is 23.3 Å². The van der Waals surface area contributed by atoms with Crippen LogP contribution in [0.5, 0.6) is 11.5 Å². The van der Waals surface area contributed by atoms with E-state index in [-0.39, 0.29) is 11.7 Å². The molecule has 4 rings (SSSR count). The second-order valence-corrected chi connectivity index (χ2v) is 7.84. The number of aryl methyl sites for hydroxylation is 1. The van der Waals surface area contributed by atoms with E-state index >= 15 is 0 Å². The Morgan fingerprint density at radius 1 is 0.971 bits per heavy atom. The number of benzene rings is 2. The molecule has 34 heavy (non-hydrogen) atoms. The zero-order valence-corrected chi connectivity index (χ0v) is 19.5. The van der Waals surface area contributed by atoms with Gasteiger partial charge in [-0.05, 0) is 43.2 Å². The number of methoxy groups -OCH3 is 2. The quantitative estimate of drug-likeness (QED) is 0.341. The van der Waals surface area contributed by atoms with Crippen LogP contribution in [0, 0.1) is 6.92 Å². The summed E-state index contributed by atoms with van der Waals surface area (Å²) in [7, 11) is 3.20. The van der Waals surface area contributed by atoms with Crippen LogP contribution < -0.4 is 9.47 Å². The van der Waals surface area contributed by atoms with E-state index in [0.29, 0.717) is 49.1 Å². The summed E-state index contributed by atoms with van der Waals surface area (Å²) in [4.78, 5) is 19.3. The van der Waals surface area contributed by atoms with Crippen molar-refractivity contribution in [3.8, 4) is 22.9 Å². The monoisotopic (exact) mass is 461 g/mol. The van der Waals surface area contributed by atoms with Crippen molar-refractivity contribution in [1.29, 1.82) is 0 Å². The van der Waals surface area contributed by atoms with Gasteiger partial charge in [0, 0.05) is 25.1 Å². The number of aromatic nitrogens is 2. The van der Waals surface area contributed by atoms with Crippen LogP contribution in [0.2, 0.25) is 0 Å². The zero-order valence-electron chi connectivity index (χ0n) is 19.5. The van der Waals surface area contributed by atoms with Gasteiger partial charge in [0.05, 0.1) is 20.5 Å². The normalized spacial score (nSPS) is 10.8. The first-order valence-electron chi connectivity index (χ1n) is 11.0. The molecular weight excluding hydrogens is 434 g/mol. The van der Waals surface area contributed by atoms with Crippen molar-refractivity contribution in [2.45, 2.75) is 19.8 Å². The third kappa shape index (κ3) is 5.46. The van der Waals surface area contributed by atoms with Crippen molar-refractivity contribution in [1.82, 2.24) is 15.0 Å². The Kier molecular flexibility index (Phi) is 7.27. The van der Waals surface area contributed by atoms with Crippen LogP contribution in [0.1, 0.15) is 27.6 Å². The first-order chi connectivity index (χ1) is 16.6. The predicted molar refractivity (Wildman–Crippen MR) is 126 cm³/mol. The van der Waals surface area contributed by atoms with Crippen LogP contribution >= 0.6 is 0 Å². The lowest BCUT2D eigenvalue weighted by molar-refractivity contribution is 0.0724. The molecule has 0 saturated heterocycles. The van der Waals surface area contributed by atoms with Gasteiger partial charge in [0.15, 0.2) is 17.3 Å². The minimum absolute atomic E-state index is 0.191. The number of amides is 1. The Hall–Kier alpha value is -4.07. The number of ether oxygens (including phenoxy) is 2. The van der Waals surface area contributed by atoms with E-state index in [1.54, 1.807) is 31.3 Å². The van der Waals surface area contributed by atoms with Crippen molar-refractivity contribution in [2.75, 3.05) is 27.3 Å². The molecule has 0 fully saturated rings. The molecule has 2 aromatic heterocycles. The van der Waals surface area contributed by atoms with E-state index in [1.807, 2.05) is 49.4 Å². The predicted octanol–water partition coefficient (Wildman–Crippen LogP) is 4.58. The zero-order chi connectivity index (χ0) is 23.9. The van der Waals surface area contributed by atoms with E-state index in [9.17, 15) is 4.79 Å². The van der Waals surface area contributed by atoms with Crippen molar-refractivity contribution in [2.24, 2.45) is 0 Å². The summed E-state index contributed by atoms with van der Waals surface area (Å²) in [5.74, 6) is 2.42. The summed E-state index contributed by atoms with van der Waals surface area (Å²) in [5.41, 5.74) is 3.07. The van der Waals surface area contributed by atoms with E-state index in [4.69, 9.17) is 18.4 Å². The largest absolute Gasteiger partial charge is 0.493 e. The lowest BCUT2D eigenvalue weighted by Crippen LogP contribution is -2.34. The van der Waals surface area contributed by atoms with Crippen LogP contribution in [0.25, 0.3) is 11.4 Å². The van der Waals surface area contributed by atoms with E-state index < -0.39 is 0 Å². The van der Waals surface area contributed by atoms with Crippen molar-refractivity contribution < 1.29 is 23.2 Å². The van der Waals surface area contributed by atoms with Crippen LogP contribution in [-0.4, -0.2) is 48.3 Å². The van der Waals surface area contributed by atoms with Gasteiger partial charge in [-0.3, -0.25) is 4.79 Å². The molecule has 8 nitrogen and oxygen atoms in total. The van der Waals surface area contributed by atoms with Crippen LogP contribution in [0.4, 0.5) is 0 Å². The molecule has 0 aliphatic heterocycles. The number of carbonyl (C=O) groups is 1. The van der Waals surface area contributed by atoms with Gasteiger partial charge in [0.1, 0.15) is 0 Å². The first kappa shape index (κ1) is 23.1. The Morgan fingerprint density at radius 3 is 2.44 bits per heavy atom. The molecule has 0 spiro atoms. The lowest BCUT2D eigenvalue weighted by atomic mass is 10.1. The Morgan fingerprint density at radius 2 is 1.74 bits per heavy atom. The third-order valence-corrected chi connectivity index (χ3v) is 5.51. The fourth-order valence-electron chi connectivity index (χ4n) is 3.58. The summed E-state index contributed by atoms with van der Waals surface area (Å²) in [5, 5.41) is 4.08. The fraction of sp³-hybridized carbons (Fsp3) is 0.269. The van der Waals surface area contributed by atoms with Gasteiger partial charge in [-0.2, -0.15) is 4.98 Å². The fourth-order valence-corrected chi connectivity index (χ4v) is 3.58. The number of furan rings is 1. The van der Waals surface area contributed by atoms with Crippen molar-refractivity contribution in [3.05, 3.63) is 83.6 Å². The number of rotatable bonds is 10. The summed E-state index contributed by atoms with van der Waals surface area (Å²) < 4.78 is 21.5. The third-order valence-electron chi connectivity index (χ3n) is 5.51. The van der Waals surface area contributed by atoms with E-state index in [1.165, 1.54) is 6.26 Å². The van der Waals surface area contributed by atoms with Crippen LogP contribution in [0.3, 0.4) is 0 Å². The molecule has 2 heterocycles. The number of nitrogens with zero attached hydrogens (tertiary/aromatic N) is 3. The van der Waals surface area contributed by atoms with Crippen molar-refractivity contribution >= 4 is 5.91 Å². The number of hydrogen-bond acceptors (Lipinski definition) is 7. The van der Waals surface area contributed by atoms with Crippen LogP contribution in [-0.2, 0) is 12.8 Å². The van der Waals surface area contributed by atoms with Gasteiger partial charge in [-0.1, -0.05) is 41.1 Å². The van der Waals surface area contributed by atoms with Crippen molar-refractivity contribution in [3.63, 3.8) is 0 Å². The highest BCUT2D eigenvalue weighted by Crippen LogP contribution is 2.28. The average molecular weight is 462 g/mol. The molecule has 1 amide bonds. The van der Waals surface area contributed by atoms with E-state index in [2.05, 4.69) is 10.1 Å². The van der Waals surface area contributed by atoms with Gasteiger partial charge in [0.25, 0.3) is 5.91 Å². The molecule has 0 bridgehead atoms. The molecule has 2 aromatic carbocycles. The summed E-state index contributed by atoms with van der Waals surface area (Å²) in [6.07, 6.45) is 2.55. The molecule has 176 valence electrons. The first-order valence-corrected chi connectivity index (χ1v) is 11.0. The van der Waals surface area contributed by atoms with Gasteiger partial charge >= 0.3 is 0 Å². The maximum absolute atomic E-state index is 13.1. The molecule has 0 radical (unpaired) electrons.